The first-order valence-corrected chi connectivity index (χ1v) is 9.29. The van der Waals surface area contributed by atoms with Crippen molar-refractivity contribution in [3.8, 4) is 0 Å². The Morgan fingerprint density at radius 2 is 1.79 bits per heavy atom. The van der Waals surface area contributed by atoms with Gasteiger partial charge in [0.25, 0.3) is 0 Å². The number of piperidine rings is 1. The molecule has 4 rings (SSSR count). The van der Waals surface area contributed by atoms with E-state index in [-0.39, 0.29) is 29.7 Å². The second kappa shape index (κ2) is 6.23. The van der Waals surface area contributed by atoms with Crippen molar-refractivity contribution in [3.05, 3.63) is 35.4 Å². The van der Waals surface area contributed by atoms with Gasteiger partial charge in [0.05, 0.1) is 12.0 Å². The van der Waals surface area contributed by atoms with E-state index in [4.69, 9.17) is 0 Å². The molecule has 0 radical (unpaired) electrons. The summed E-state index contributed by atoms with van der Waals surface area (Å²) in [6, 6.07) is 8.97. The molecular formula is C20H26N2O2. The lowest BCUT2D eigenvalue weighted by Crippen LogP contribution is -2.47. The summed E-state index contributed by atoms with van der Waals surface area (Å²) in [6.45, 7) is 2.66. The van der Waals surface area contributed by atoms with Gasteiger partial charge in [0.1, 0.15) is 0 Å². The van der Waals surface area contributed by atoms with Crippen LogP contribution in [0.3, 0.4) is 0 Å². The third kappa shape index (κ3) is 3.33. The van der Waals surface area contributed by atoms with Crippen molar-refractivity contribution in [2.45, 2.75) is 57.5 Å². The number of benzene rings is 1. The van der Waals surface area contributed by atoms with E-state index >= 15 is 0 Å². The molecule has 4 heteroatoms. The zero-order valence-corrected chi connectivity index (χ0v) is 14.3. The predicted molar refractivity (Wildman–Crippen MR) is 92.2 cm³/mol. The molecule has 1 aromatic rings. The minimum Gasteiger partial charge on any atom is -0.353 e. The maximum atomic E-state index is 12.8. The molecule has 2 amide bonds. The quantitative estimate of drug-likeness (QED) is 0.925. The van der Waals surface area contributed by atoms with Gasteiger partial charge in [-0.25, -0.2) is 0 Å². The van der Waals surface area contributed by atoms with Crippen LogP contribution in [-0.2, 0) is 9.59 Å². The van der Waals surface area contributed by atoms with Crippen molar-refractivity contribution in [2.24, 2.45) is 11.8 Å². The molecule has 128 valence electrons. The molecule has 0 spiro atoms. The normalized spacial score (nSPS) is 27.0. The number of carbonyl (C=O) groups is 2. The molecule has 3 aliphatic rings. The predicted octanol–water partition coefficient (Wildman–Crippen LogP) is 2.96. The van der Waals surface area contributed by atoms with E-state index in [0.29, 0.717) is 12.6 Å². The van der Waals surface area contributed by atoms with Crippen molar-refractivity contribution in [2.75, 3.05) is 6.54 Å². The van der Waals surface area contributed by atoms with Crippen molar-refractivity contribution in [1.29, 1.82) is 0 Å². The first-order valence-electron chi connectivity index (χ1n) is 9.29. The topological polar surface area (TPSA) is 49.4 Å². The number of carbonyl (C=O) groups excluding carboxylic acids is 2. The van der Waals surface area contributed by atoms with Crippen LogP contribution in [0.5, 0.6) is 0 Å². The van der Waals surface area contributed by atoms with Gasteiger partial charge >= 0.3 is 0 Å². The van der Waals surface area contributed by atoms with E-state index in [1.54, 1.807) is 0 Å². The van der Waals surface area contributed by atoms with Crippen molar-refractivity contribution in [1.82, 2.24) is 10.2 Å². The van der Waals surface area contributed by atoms with E-state index in [1.165, 1.54) is 11.1 Å². The van der Waals surface area contributed by atoms with E-state index in [9.17, 15) is 9.59 Å². The molecule has 2 saturated carbocycles. The molecule has 2 aliphatic carbocycles. The number of rotatable bonds is 4. The summed E-state index contributed by atoms with van der Waals surface area (Å²) >= 11 is 0. The second-order valence-electron chi connectivity index (χ2n) is 7.75. The summed E-state index contributed by atoms with van der Waals surface area (Å²) in [7, 11) is 0. The first-order chi connectivity index (χ1) is 11.6. The molecule has 1 N–H and O–H groups in total. The van der Waals surface area contributed by atoms with Gasteiger partial charge in [-0.1, -0.05) is 29.8 Å². The Morgan fingerprint density at radius 1 is 1.04 bits per heavy atom. The summed E-state index contributed by atoms with van der Waals surface area (Å²) in [6.07, 6.45) is 5.98. The van der Waals surface area contributed by atoms with Crippen LogP contribution in [0.2, 0.25) is 0 Å². The lowest BCUT2D eigenvalue weighted by molar-refractivity contribution is -0.140. The third-order valence-electron chi connectivity index (χ3n) is 5.51. The fourth-order valence-corrected chi connectivity index (χ4v) is 3.76. The van der Waals surface area contributed by atoms with Gasteiger partial charge in [-0.15, -0.1) is 0 Å². The molecule has 3 fully saturated rings. The number of hydrogen-bond donors (Lipinski definition) is 1. The maximum Gasteiger partial charge on any atom is 0.226 e. The fourth-order valence-electron chi connectivity index (χ4n) is 3.76. The zero-order chi connectivity index (χ0) is 16.7. The molecule has 4 nitrogen and oxygen atoms in total. The van der Waals surface area contributed by atoms with Gasteiger partial charge in [-0.2, -0.15) is 0 Å². The molecule has 1 heterocycles. The summed E-state index contributed by atoms with van der Waals surface area (Å²) < 4.78 is 0. The number of hydrogen-bond acceptors (Lipinski definition) is 2. The molecule has 1 saturated heterocycles. The van der Waals surface area contributed by atoms with Gasteiger partial charge in [0, 0.05) is 18.5 Å². The van der Waals surface area contributed by atoms with Crippen LogP contribution >= 0.6 is 0 Å². The van der Waals surface area contributed by atoms with Gasteiger partial charge in [0.2, 0.25) is 11.8 Å². The molecule has 24 heavy (non-hydrogen) atoms. The average Bonchev–Trinajstić information content (AvgIpc) is 3.46. The minimum atomic E-state index is -0.0469. The van der Waals surface area contributed by atoms with Gasteiger partial charge in [-0.3, -0.25) is 9.59 Å². The van der Waals surface area contributed by atoms with Crippen LogP contribution in [-0.4, -0.2) is 29.3 Å². The highest BCUT2D eigenvalue weighted by molar-refractivity contribution is 5.84. The van der Waals surface area contributed by atoms with Crippen LogP contribution in [0.4, 0.5) is 0 Å². The number of nitrogens with zero attached hydrogens (tertiary/aromatic N) is 1. The van der Waals surface area contributed by atoms with E-state index in [2.05, 4.69) is 36.5 Å². The van der Waals surface area contributed by atoms with Crippen molar-refractivity contribution in [3.63, 3.8) is 0 Å². The second-order valence-corrected chi connectivity index (χ2v) is 7.75. The highest BCUT2D eigenvalue weighted by Gasteiger charge is 2.41. The SMILES string of the molecule is Cc1cccc([C@H]2CC[C@H](C(=O)NC3CC3)CN2C(=O)C2CC2)c1. The Bertz CT molecular complexity index is 649. The maximum absolute atomic E-state index is 12.8. The monoisotopic (exact) mass is 326 g/mol. The van der Waals surface area contributed by atoms with Crippen LogP contribution in [0.15, 0.2) is 24.3 Å². The zero-order valence-electron chi connectivity index (χ0n) is 14.3. The minimum absolute atomic E-state index is 0.0469. The summed E-state index contributed by atoms with van der Waals surface area (Å²) in [5.74, 6) is 0.552. The number of nitrogens with one attached hydrogen (secondary N) is 1. The van der Waals surface area contributed by atoms with Crippen LogP contribution in [0.1, 0.15) is 55.7 Å². The van der Waals surface area contributed by atoms with Gasteiger partial charge < -0.3 is 10.2 Å². The van der Waals surface area contributed by atoms with Gasteiger partial charge in [0.15, 0.2) is 0 Å². The summed E-state index contributed by atoms with van der Waals surface area (Å²) in [5.41, 5.74) is 2.44. The Hall–Kier alpha value is -1.84. The van der Waals surface area contributed by atoms with Crippen LogP contribution in [0, 0.1) is 18.8 Å². The Labute approximate surface area is 143 Å². The molecular weight excluding hydrogens is 300 g/mol. The lowest BCUT2D eigenvalue weighted by Gasteiger charge is -2.40. The number of amides is 2. The number of aryl methyl sites for hydroxylation is 1. The van der Waals surface area contributed by atoms with Crippen molar-refractivity contribution >= 4 is 11.8 Å². The third-order valence-corrected chi connectivity index (χ3v) is 5.51. The fraction of sp³-hybridized carbons (Fsp3) is 0.600. The van der Waals surface area contributed by atoms with Crippen LogP contribution in [0.25, 0.3) is 0 Å². The highest BCUT2D eigenvalue weighted by Crippen LogP contribution is 2.39. The summed E-state index contributed by atoms with van der Waals surface area (Å²) in [4.78, 5) is 27.3. The Kier molecular flexibility index (Phi) is 4.07. The van der Waals surface area contributed by atoms with Gasteiger partial charge in [-0.05, 0) is 51.0 Å². The average molecular weight is 326 g/mol. The molecule has 0 unspecified atom stereocenters. The van der Waals surface area contributed by atoms with Crippen LogP contribution < -0.4 is 5.32 Å². The molecule has 0 bridgehead atoms. The van der Waals surface area contributed by atoms with E-state index in [0.717, 1.165) is 38.5 Å². The molecule has 0 aromatic heterocycles. The van der Waals surface area contributed by atoms with E-state index in [1.807, 2.05) is 4.90 Å². The number of likely N-dealkylation sites (tertiary alicyclic amines) is 1. The highest BCUT2D eigenvalue weighted by atomic mass is 16.2. The molecule has 1 aliphatic heterocycles. The standard InChI is InChI=1S/C20H26N2O2/c1-13-3-2-4-15(11-13)18-10-7-16(19(23)21-17-8-9-17)12-22(18)20(24)14-5-6-14/h2-4,11,14,16-18H,5-10,12H2,1H3,(H,21,23)/t16-,18+/m0/s1. The summed E-state index contributed by atoms with van der Waals surface area (Å²) in [5, 5.41) is 3.11. The molecule has 1 aromatic carbocycles. The smallest absolute Gasteiger partial charge is 0.226 e. The van der Waals surface area contributed by atoms with Crippen molar-refractivity contribution < 1.29 is 9.59 Å². The lowest BCUT2D eigenvalue weighted by atomic mass is 9.87. The first kappa shape index (κ1) is 15.7. The molecule has 2 atom stereocenters. The van der Waals surface area contributed by atoms with E-state index < -0.39 is 0 Å². The largest absolute Gasteiger partial charge is 0.353 e. The Balaban J connectivity index is 1.53. The Morgan fingerprint density at radius 3 is 2.46 bits per heavy atom.